The van der Waals surface area contributed by atoms with Gasteiger partial charge >= 0.3 is 0 Å². The molecule has 0 heterocycles. The average Bonchev–Trinajstić information content (AvgIpc) is 2.80. The summed E-state index contributed by atoms with van der Waals surface area (Å²) in [4.78, 5) is 0. The van der Waals surface area contributed by atoms with Crippen LogP contribution in [0.25, 0.3) is 0 Å². The summed E-state index contributed by atoms with van der Waals surface area (Å²) >= 11 is 0. The highest BCUT2D eigenvalue weighted by Gasteiger charge is 1.96. The minimum absolute atomic E-state index is 1.01. The van der Waals surface area contributed by atoms with Crippen molar-refractivity contribution < 1.29 is 0 Å². The minimum Gasteiger partial charge on any atom is -0.317 e. The number of hydrogen-bond donors (Lipinski definition) is 2. The normalized spacial score (nSPS) is 11.3. The number of nitrogens with one attached hydrogen (secondary N) is 2. The predicted octanol–water partition coefficient (Wildman–Crippen LogP) is 7.58. The molecular weight excluding hydrogens is 392 g/mol. The number of unbranched alkanes of at least 4 members (excludes halogenated alkanes) is 15. The quantitative estimate of drug-likeness (QED) is 0.127. The van der Waals surface area contributed by atoms with Crippen LogP contribution in [0.2, 0.25) is 6.04 Å². The van der Waals surface area contributed by atoms with Crippen molar-refractivity contribution in [1.82, 2.24) is 10.6 Å². The van der Waals surface area contributed by atoms with Crippen molar-refractivity contribution in [2.24, 2.45) is 0 Å². The Bertz CT molecular complexity index is 452. The molecule has 2 N–H and O–H groups in total. The van der Waals surface area contributed by atoms with Crippen LogP contribution in [-0.2, 0) is 6.54 Å². The molecule has 2 nitrogen and oxygen atoms in total. The fourth-order valence-electron chi connectivity index (χ4n) is 4.14. The van der Waals surface area contributed by atoms with Crippen molar-refractivity contribution in [2.75, 3.05) is 19.6 Å². The van der Waals surface area contributed by atoms with Crippen molar-refractivity contribution in [2.45, 2.75) is 122 Å². The maximum absolute atomic E-state index is 3.56. The number of rotatable bonds is 24. The molecule has 3 radical (unpaired) electrons. The minimum atomic E-state index is 1.01. The topological polar surface area (TPSA) is 24.1 Å². The Morgan fingerprint density at radius 2 is 0.839 bits per heavy atom. The van der Waals surface area contributed by atoms with Crippen molar-refractivity contribution in [3.05, 3.63) is 35.9 Å². The molecule has 0 unspecified atom stereocenters. The fraction of sp³-hybridized carbons (Fsp3) is 0.786. The van der Waals surface area contributed by atoms with E-state index in [1.807, 2.05) is 0 Å². The molecular formula is C28H51N2Si. The van der Waals surface area contributed by atoms with Crippen molar-refractivity contribution >= 4 is 10.2 Å². The lowest BCUT2D eigenvalue weighted by Crippen LogP contribution is -2.16. The molecule has 0 aromatic heterocycles. The third-order valence-corrected chi connectivity index (χ3v) is 6.51. The van der Waals surface area contributed by atoms with Gasteiger partial charge in [0, 0.05) is 16.8 Å². The first kappa shape index (κ1) is 28.4. The van der Waals surface area contributed by atoms with Gasteiger partial charge in [-0.2, -0.15) is 0 Å². The Morgan fingerprint density at radius 1 is 0.452 bits per heavy atom. The molecule has 1 aromatic rings. The van der Waals surface area contributed by atoms with E-state index in [-0.39, 0.29) is 0 Å². The van der Waals surface area contributed by atoms with Crippen LogP contribution in [0.4, 0.5) is 0 Å². The predicted molar refractivity (Wildman–Crippen MR) is 140 cm³/mol. The molecule has 0 spiro atoms. The first-order valence-corrected chi connectivity index (χ1v) is 14.2. The monoisotopic (exact) mass is 443 g/mol. The molecule has 1 aromatic carbocycles. The van der Waals surface area contributed by atoms with Crippen molar-refractivity contribution in [3.63, 3.8) is 0 Å². The Kier molecular flexibility index (Phi) is 22.0. The molecule has 0 aliphatic heterocycles. The summed E-state index contributed by atoms with van der Waals surface area (Å²) in [6, 6.07) is 11.8. The highest BCUT2D eigenvalue weighted by molar-refractivity contribution is 6.08. The SMILES string of the molecule is [Si]CCCNCCCCCCCCCCCCCCCCCCNCc1ccccc1. The van der Waals surface area contributed by atoms with E-state index in [9.17, 15) is 0 Å². The maximum Gasteiger partial charge on any atom is 0.0222 e. The van der Waals surface area contributed by atoms with E-state index in [0.29, 0.717) is 0 Å². The van der Waals surface area contributed by atoms with E-state index in [1.165, 1.54) is 121 Å². The lowest BCUT2D eigenvalue weighted by molar-refractivity contribution is 0.521. The molecule has 3 heteroatoms. The van der Waals surface area contributed by atoms with Crippen molar-refractivity contribution in [3.8, 4) is 0 Å². The summed E-state index contributed by atoms with van der Waals surface area (Å²) in [7, 11) is 3.52. The van der Waals surface area contributed by atoms with E-state index < -0.39 is 0 Å². The molecule has 0 fully saturated rings. The van der Waals surface area contributed by atoms with E-state index in [1.54, 1.807) is 0 Å². The van der Waals surface area contributed by atoms with Gasteiger partial charge in [0.15, 0.2) is 0 Å². The molecule has 0 aliphatic rings. The van der Waals surface area contributed by atoms with Crippen LogP contribution in [-0.4, -0.2) is 29.9 Å². The lowest BCUT2D eigenvalue weighted by atomic mass is 10.0. The van der Waals surface area contributed by atoms with Gasteiger partial charge in [0.25, 0.3) is 0 Å². The van der Waals surface area contributed by atoms with E-state index in [2.05, 4.69) is 51.2 Å². The molecule has 0 saturated heterocycles. The smallest absolute Gasteiger partial charge is 0.0222 e. The number of benzene rings is 1. The van der Waals surface area contributed by atoms with Gasteiger partial charge < -0.3 is 10.6 Å². The second kappa shape index (κ2) is 24.0. The Labute approximate surface area is 198 Å². The van der Waals surface area contributed by atoms with Gasteiger partial charge in [0.2, 0.25) is 0 Å². The third-order valence-electron chi connectivity index (χ3n) is 6.16. The molecule has 0 aliphatic carbocycles. The van der Waals surface area contributed by atoms with Crippen molar-refractivity contribution in [1.29, 1.82) is 0 Å². The van der Waals surface area contributed by atoms with Gasteiger partial charge in [-0.3, -0.25) is 0 Å². The second-order valence-electron chi connectivity index (χ2n) is 9.17. The molecule has 31 heavy (non-hydrogen) atoms. The van der Waals surface area contributed by atoms with E-state index >= 15 is 0 Å². The van der Waals surface area contributed by atoms with Crippen LogP contribution >= 0.6 is 0 Å². The van der Waals surface area contributed by atoms with E-state index in [4.69, 9.17) is 0 Å². The zero-order valence-electron chi connectivity index (χ0n) is 20.4. The van der Waals surface area contributed by atoms with Crippen LogP contribution < -0.4 is 10.6 Å². The van der Waals surface area contributed by atoms with E-state index in [0.717, 1.165) is 25.7 Å². The zero-order valence-corrected chi connectivity index (χ0v) is 21.4. The average molecular weight is 444 g/mol. The lowest BCUT2D eigenvalue weighted by Gasteiger charge is -2.05. The van der Waals surface area contributed by atoms with Crippen LogP contribution in [0.15, 0.2) is 30.3 Å². The first-order valence-electron chi connectivity index (χ1n) is 13.5. The van der Waals surface area contributed by atoms with Crippen LogP contribution in [0, 0.1) is 0 Å². The van der Waals surface area contributed by atoms with Crippen LogP contribution in [0.3, 0.4) is 0 Å². The third kappa shape index (κ3) is 21.0. The Morgan fingerprint density at radius 3 is 1.29 bits per heavy atom. The maximum atomic E-state index is 3.56. The molecule has 0 saturated carbocycles. The Hall–Kier alpha value is -0.643. The van der Waals surface area contributed by atoms with Crippen LogP contribution in [0.1, 0.15) is 115 Å². The fourth-order valence-corrected chi connectivity index (χ4v) is 4.32. The number of hydrogen-bond acceptors (Lipinski definition) is 2. The molecule has 1 rings (SSSR count). The highest BCUT2D eigenvalue weighted by atomic mass is 28.1. The van der Waals surface area contributed by atoms with Gasteiger partial charge in [-0.15, -0.1) is 0 Å². The van der Waals surface area contributed by atoms with Gasteiger partial charge in [0.1, 0.15) is 0 Å². The molecule has 0 atom stereocenters. The van der Waals surface area contributed by atoms with Gasteiger partial charge in [-0.1, -0.05) is 126 Å². The summed E-state index contributed by atoms with van der Waals surface area (Å²) in [5.41, 5.74) is 1.39. The summed E-state index contributed by atoms with van der Waals surface area (Å²) in [5, 5.41) is 7.07. The Balaban J connectivity index is 1.65. The zero-order chi connectivity index (χ0) is 22.1. The molecule has 177 valence electrons. The van der Waals surface area contributed by atoms with Gasteiger partial charge in [-0.05, 0) is 44.5 Å². The standard InChI is InChI=1S/C28H51N2Si/c31-26-20-25-29-23-18-13-11-9-7-5-3-1-2-4-6-8-10-12-14-19-24-30-27-28-21-16-15-17-22-28/h15-17,21-22,29-30H,1-14,18-20,23-27H2. The van der Waals surface area contributed by atoms with Gasteiger partial charge in [0.05, 0.1) is 0 Å². The summed E-state index contributed by atoms with van der Waals surface area (Å²) in [6.07, 6.45) is 24.1. The van der Waals surface area contributed by atoms with Crippen LogP contribution in [0.5, 0.6) is 0 Å². The largest absolute Gasteiger partial charge is 0.317 e. The first-order chi connectivity index (χ1) is 15.4. The summed E-state index contributed by atoms with van der Waals surface area (Å²) in [5.74, 6) is 0. The molecule has 0 bridgehead atoms. The highest BCUT2D eigenvalue weighted by Crippen LogP contribution is 2.13. The van der Waals surface area contributed by atoms with Gasteiger partial charge in [-0.25, -0.2) is 0 Å². The second-order valence-corrected chi connectivity index (χ2v) is 9.67. The summed E-state index contributed by atoms with van der Waals surface area (Å²) < 4.78 is 0. The summed E-state index contributed by atoms with van der Waals surface area (Å²) in [6.45, 7) is 4.54. The molecule has 0 amide bonds.